The third-order valence-corrected chi connectivity index (χ3v) is 2.83. The number of rotatable bonds is 2. The Morgan fingerprint density at radius 3 is 1.50 bits per heavy atom. The molecule has 1 fully saturated rings. The lowest BCUT2D eigenvalue weighted by molar-refractivity contribution is -0.316. The van der Waals surface area contributed by atoms with Gasteiger partial charge in [0.2, 0.25) is 0 Å². The zero-order valence-electron chi connectivity index (χ0n) is 10.5. The molecule has 12 heteroatoms. The highest BCUT2D eigenvalue weighted by Crippen LogP contribution is 2.38. The second-order valence-electron chi connectivity index (χ2n) is 4.54. The normalized spacial score (nSPS) is 26.8. The van der Waals surface area contributed by atoms with Crippen LogP contribution in [0.1, 0.15) is 0 Å². The van der Waals surface area contributed by atoms with Crippen molar-refractivity contribution in [2.45, 2.75) is 36.8 Å². The zero-order valence-corrected chi connectivity index (χ0v) is 10.5. The van der Waals surface area contributed by atoms with Gasteiger partial charge in [0.15, 0.2) is 18.2 Å². The molecule has 2 unspecified atom stereocenters. The minimum atomic E-state index is -5.42. The molecule has 2 nitrogen and oxygen atoms in total. The summed E-state index contributed by atoms with van der Waals surface area (Å²) in [5, 5.41) is 0. The minimum absolute atomic E-state index is 0.317. The van der Waals surface area contributed by atoms with Crippen molar-refractivity contribution in [3.8, 4) is 0 Å². The van der Waals surface area contributed by atoms with Gasteiger partial charge in [0.1, 0.15) is 5.83 Å². The van der Waals surface area contributed by atoms with Gasteiger partial charge in [-0.1, -0.05) is 6.58 Å². The standard InChI is InChI=1S/C10H9F10NO/c1-4(11)7(10(18,19)20)21-2-5(8(12,13)14)22-6(3-21)9(15,16)17/h5-7H,1-3H2/t5?,6?,7-/m1/s1. The average molecular weight is 349 g/mol. The van der Waals surface area contributed by atoms with Crippen molar-refractivity contribution in [1.29, 1.82) is 0 Å². The Labute approximate surface area is 117 Å². The Balaban J connectivity index is 3.14. The van der Waals surface area contributed by atoms with Gasteiger partial charge in [-0.15, -0.1) is 0 Å². The van der Waals surface area contributed by atoms with Crippen LogP contribution in [0.5, 0.6) is 0 Å². The molecule has 0 aliphatic carbocycles. The van der Waals surface area contributed by atoms with E-state index in [0.29, 0.717) is 0 Å². The van der Waals surface area contributed by atoms with E-state index < -0.39 is 55.7 Å². The van der Waals surface area contributed by atoms with Gasteiger partial charge >= 0.3 is 18.5 Å². The molecule has 3 atom stereocenters. The first kappa shape index (κ1) is 19.0. The van der Waals surface area contributed by atoms with Gasteiger partial charge in [0.05, 0.1) is 0 Å². The van der Waals surface area contributed by atoms with Crippen LogP contribution in [0.4, 0.5) is 43.9 Å². The highest BCUT2D eigenvalue weighted by atomic mass is 19.4. The molecule has 0 aromatic carbocycles. The quantitative estimate of drug-likeness (QED) is 0.707. The van der Waals surface area contributed by atoms with Crippen molar-refractivity contribution in [2.24, 2.45) is 0 Å². The van der Waals surface area contributed by atoms with Gasteiger partial charge in [-0.05, 0) is 0 Å². The number of alkyl halides is 9. The summed E-state index contributed by atoms with van der Waals surface area (Å²) in [7, 11) is 0. The van der Waals surface area contributed by atoms with Crippen LogP contribution in [0.15, 0.2) is 12.4 Å². The highest BCUT2D eigenvalue weighted by molar-refractivity contribution is 5.04. The Morgan fingerprint density at radius 1 is 0.909 bits per heavy atom. The van der Waals surface area contributed by atoms with Gasteiger partial charge in [-0.3, -0.25) is 4.90 Å². The van der Waals surface area contributed by atoms with Crippen LogP contribution in [0, 0.1) is 0 Å². The average Bonchev–Trinajstić information content (AvgIpc) is 2.23. The first-order valence-electron chi connectivity index (χ1n) is 5.58. The summed E-state index contributed by atoms with van der Waals surface area (Å²) >= 11 is 0. The molecule has 130 valence electrons. The van der Waals surface area contributed by atoms with Crippen molar-refractivity contribution in [3.05, 3.63) is 12.4 Å². The Kier molecular flexibility index (Phi) is 5.07. The van der Waals surface area contributed by atoms with Crippen LogP contribution in [-0.4, -0.2) is 54.8 Å². The molecular formula is C10H9F10NO. The predicted molar refractivity (Wildman–Crippen MR) is 52.4 cm³/mol. The molecule has 1 heterocycles. The summed E-state index contributed by atoms with van der Waals surface area (Å²) in [6.45, 7) is -0.848. The number of hydrogen-bond acceptors (Lipinski definition) is 2. The van der Waals surface area contributed by atoms with E-state index >= 15 is 0 Å². The molecule has 0 spiro atoms. The van der Waals surface area contributed by atoms with E-state index in [2.05, 4.69) is 11.3 Å². The molecule has 1 aliphatic rings. The van der Waals surface area contributed by atoms with E-state index in [0.717, 1.165) is 0 Å². The fourth-order valence-corrected chi connectivity index (χ4v) is 1.94. The molecule has 0 aromatic heterocycles. The largest absolute Gasteiger partial charge is 0.415 e. The van der Waals surface area contributed by atoms with Crippen molar-refractivity contribution >= 4 is 0 Å². The lowest BCUT2D eigenvalue weighted by Gasteiger charge is -2.42. The van der Waals surface area contributed by atoms with Gasteiger partial charge in [0.25, 0.3) is 0 Å². The van der Waals surface area contributed by atoms with E-state index in [9.17, 15) is 43.9 Å². The topological polar surface area (TPSA) is 12.5 Å². The SMILES string of the molecule is C=C(F)[C@@H](N1CC(C(F)(F)F)OC(C(F)(F)F)C1)C(F)(F)F. The second kappa shape index (κ2) is 5.87. The van der Waals surface area contributed by atoms with Crippen molar-refractivity contribution < 1.29 is 48.6 Å². The summed E-state index contributed by atoms with van der Waals surface area (Å²) in [6.07, 6.45) is -22.4. The van der Waals surface area contributed by atoms with E-state index in [1.165, 1.54) is 0 Å². The lowest BCUT2D eigenvalue weighted by atomic mass is 10.1. The minimum Gasteiger partial charge on any atom is -0.353 e. The maximum atomic E-state index is 12.9. The van der Waals surface area contributed by atoms with Crippen molar-refractivity contribution in [2.75, 3.05) is 13.1 Å². The van der Waals surface area contributed by atoms with Crippen LogP contribution in [0.2, 0.25) is 0 Å². The van der Waals surface area contributed by atoms with Crippen LogP contribution >= 0.6 is 0 Å². The third kappa shape index (κ3) is 4.48. The van der Waals surface area contributed by atoms with Crippen LogP contribution in [-0.2, 0) is 4.74 Å². The number of nitrogens with zero attached hydrogens (tertiary/aromatic N) is 1. The van der Waals surface area contributed by atoms with E-state index in [4.69, 9.17) is 0 Å². The monoisotopic (exact) mass is 349 g/mol. The molecule has 0 bridgehead atoms. The van der Waals surface area contributed by atoms with Crippen molar-refractivity contribution in [1.82, 2.24) is 4.90 Å². The van der Waals surface area contributed by atoms with Crippen molar-refractivity contribution in [3.63, 3.8) is 0 Å². The molecule has 22 heavy (non-hydrogen) atoms. The number of hydrogen-bond donors (Lipinski definition) is 0. The zero-order chi connectivity index (χ0) is 17.5. The first-order chi connectivity index (χ1) is 9.64. The second-order valence-corrected chi connectivity index (χ2v) is 4.54. The summed E-state index contributed by atoms with van der Waals surface area (Å²) in [4.78, 5) is -0.317. The van der Waals surface area contributed by atoms with E-state index in [1.807, 2.05) is 0 Å². The van der Waals surface area contributed by atoms with Gasteiger partial charge < -0.3 is 4.74 Å². The number of morpholine rings is 1. The van der Waals surface area contributed by atoms with Crippen LogP contribution in [0.25, 0.3) is 0 Å². The molecule has 0 N–H and O–H groups in total. The Bertz CT molecular complexity index is 389. The Morgan fingerprint density at radius 2 is 1.27 bits per heavy atom. The first-order valence-corrected chi connectivity index (χ1v) is 5.58. The van der Waals surface area contributed by atoms with E-state index in [-0.39, 0.29) is 4.90 Å². The molecule has 1 saturated heterocycles. The fourth-order valence-electron chi connectivity index (χ4n) is 1.94. The Hall–Kier alpha value is -1.04. The summed E-state index contributed by atoms with van der Waals surface area (Å²) in [5.74, 6) is -2.10. The van der Waals surface area contributed by atoms with Crippen LogP contribution in [0.3, 0.4) is 0 Å². The van der Waals surface area contributed by atoms with Gasteiger partial charge in [-0.2, -0.15) is 39.5 Å². The van der Waals surface area contributed by atoms with E-state index in [1.54, 1.807) is 0 Å². The molecule has 0 aromatic rings. The summed E-state index contributed by atoms with van der Waals surface area (Å²) in [6, 6.07) is -3.27. The highest BCUT2D eigenvalue weighted by Gasteiger charge is 2.57. The lowest BCUT2D eigenvalue weighted by Crippen LogP contribution is -2.61. The van der Waals surface area contributed by atoms with Gasteiger partial charge in [0, 0.05) is 13.1 Å². The van der Waals surface area contributed by atoms with Gasteiger partial charge in [-0.25, -0.2) is 4.39 Å². The molecular weight excluding hydrogens is 340 g/mol. The smallest absolute Gasteiger partial charge is 0.353 e. The molecule has 0 amide bonds. The summed E-state index contributed by atoms with van der Waals surface area (Å²) in [5.41, 5.74) is 0. The fraction of sp³-hybridized carbons (Fsp3) is 0.800. The van der Waals surface area contributed by atoms with Crippen LogP contribution < -0.4 is 0 Å². The molecule has 1 rings (SSSR count). The predicted octanol–water partition coefficient (Wildman–Crippen LogP) is 3.59. The maximum Gasteiger partial charge on any atom is 0.415 e. The maximum absolute atomic E-state index is 12.9. The number of halogens is 10. The molecule has 0 saturated carbocycles. The number of ether oxygens (including phenoxy) is 1. The third-order valence-electron chi connectivity index (χ3n) is 2.83. The molecule has 0 radical (unpaired) electrons. The summed E-state index contributed by atoms with van der Waals surface area (Å²) < 4.78 is 130. The molecule has 1 aliphatic heterocycles.